The number of fused-ring (bicyclic) bond motifs is 1. The highest BCUT2D eigenvalue weighted by atomic mass is 35.5. The van der Waals surface area contributed by atoms with Crippen LogP contribution in [0.1, 0.15) is 40.1 Å². The summed E-state index contributed by atoms with van der Waals surface area (Å²) >= 11 is 0. The fraction of sp³-hybridized carbons (Fsp3) is 0.227. The van der Waals surface area contributed by atoms with Crippen molar-refractivity contribution < 1.29 is 24.2 Å². The molecule has 1 heterocycles. The average Bonchev–Trinajstić information content (AvgIpc) is 2.70. The van der Waals surface area contributed by atoms with Gasteiger partial charge in [0.25, 0.3) is 0 Å². The van der Waals surface area contributed by atoms with Crippen molar-refractivity contribution in [2.45, 2.75) is 20.8 Å². The van der Waals surface area contributed by atoms with Crippen LogP contribution in [-0.4, -0.2) is 35.2 Å². The van der Waals surface area contributed by atoms with E-state index in [0.29, 0.717) is 34.6 Å². The normalized spacial score (nSPS) is 10.2. The molecule has 0 aliphatic heterocycles. The lowest BCUT2D eigenvalue weighted by molar-refractivity contribution is 0.0526. The van der Waals surface area contributed by atoms with Crippen LogP contribution in [0.15, 0.2) is 42.6 Å². The largest absolute Gasteiger partial charge is 0.494 e. The molecule has 1 aromatic heterocycles. The number of anilines is 2. The molecule has 0 saturated heterocycles. The van der Waals surface area contributed by atoms with Gasteiger partial charge in [-0.25, -0.2) is 9.59 Å². The number of aromatic carboxylic acids is 1. The third kappa shape index (κ3) is 4.80. The molecule has 30 heavy (non-hydrogen) atoms. The zero-order chi connectivity index (χ0) is 21.0. The van der Waals surface area contributed by atoms with Crippen molar-refractivity contribution >= 4 is 46.6 Å². The van der Waals surface area contributed by atoms with Crippen LogP contribution < -0.4 is 10.1 Å². The monoisotopic (exact) mass is 430 g/mol. The van der Waals surface area contributed by atoms with Gasteiger partial charge >= 0.3 is 11.9 Å². The third-order valence-corrected chi connectivity index (χ3v) is 4.39. The second-order valence-corrected chi connectivity index (χ2v) is 6.34. The van der Waals surface area contributed by atoms with Crippen molar-refractivity contribution in [3.8, 4) is 5.75 Å². The number of carbonyl (C=O) groups excluding carboxylic acids is 1. The van der Waals surface area contributed by atoms with E-state index in [-0.39, 0.29) is 30.1 Å². The van der Waals surface area contributed by atoms with Crippen LogP contribution in [0, 0.1) is 6.92 Å². The quantitative estimate of drug-likeness (QED) is 0.510. The van der Waals surface area contributed by atoms with E-state index in [2.05, 4.69) is 10.3 Å². The number of carbonyl (C=O) groups is 2. The van der Waals surface area contributed by atoms with Gasteiger partial charge in [0.1, 0.15) is 11.3 Å². The van der Waals surface area contributed by atoms with Crippen LogP contribution in [0.2, 0.25) is 0 Å². The Morgan fingerprint density at radius 3 is 2.53 bits per heavy atom. The Labute approximate surface area is 180 Å². The molecule has 2 N–H and O–H groups in total. The Balaban J connectivity index is 0.00000320. The van der Waals surface area contributed by atoms with E-state index in [1.54, 1.807) is 25.1 Å². The Kier molecular flexibility index (Phi) is 7.60. The van der Waals surface area contributed by atoms with Gasteiger partial charge in [-0.3, -0.25) is 4.98 Å². The lowest BCUT2D eigenvalue weighted by Crippen LogP contribution is -2.10. The second-order valence-electron chi connectivity index (χ2n) is 6.34. The van der Waals surface area contributed by atoms with Crippen LogP contribution in [0.3, 0.4) is 0 Å². The van der Waals surface area contributed by atoms with Gasteiger partial charge in [0.15, 0.2) is 0 Å². The van der Waals surface area contributed by atoms with Crippen LogP contribution in [0.5, 0.6) is 5.75 Å². The van der Waals surface area contributed by atoms with Gasteiger partial charge < -0.3 is 19.9 Å². The molecule has 8 heteroatoms. The molecule has 0 aliphatic carbocycles. The van der Waals surface area contributed by atoms with E-state index in [1.807, 2.05) is 19.9 Å². The van der Waals surface area contributed by atoms with Crippen molar-refractivity contribution in [2.75, 3.05) is 18.5 Å². The van der Waals surface area contributed by atoms with Gasteiger partial charge in [-0.15, -0.1) is 12.4 Å². The molecule has 2 aromatic carbocycles. The molecule has 0 radical (unpaired) electrons. The topological polar surface area (TPSA) is 97.8 Å². The maximum Gasteiger partial charge on any atom is 0.341 e. The molecule has 0 unspecified atom stereocenters. The lowest BCUT2D eigenvalue weighted by atomic mass is 10.1. The Bertz CT molecular complexity index is 1080. The summed E-state index contributed by atoms with van der Waals surface area (Å²) in [5.41, 5.74) is 2.95. The first-order chi connectivity index (χ1) is 13.9. The zero-order valence-corrected chi connectivity index (χ0v) is 17.7. The van der Waals surface area contributed by atoms with E-state index in [4.69, 9.17) is 9.47 Å². The second kappa shape index (κ2) is 9.93. The summed E-state index contributed by atoms with van der Waals surface area (Å²) in [5, 5.41) is 13.2. The summed E-state index contributed by atoms with van der Waals surface area (Å²) in [6, 6.07) is 10.2. The maximum atomic E-state index is 12.5. The van der Waals surface area contributed by atoms with Gasteiger partial charge in [-0.1, -0.05) is 6.07 Å². The molecular weight excluding hydrogens is 408 g/mol. The van der Waals surface area contributed by atoms with E-state index in [1.165, 1.54) is 18.3 Å². The Hall–Kier alpha value is -3.32. The standard InChI is InChI=1S/C22H22N2O5.ClH/c1-4-28-15-8-9-18-16(11-15)20(17(12-23-18)22(27)29-5-2)24-19-10-14(21(25)26)7-6-13(19)3;/h6-12H,4-5H2,1-3H3,(H,23,24)(H,25,26);1H. The minimum Gasteiger partial charge on any atom is -0.494 e. The number of hydrogen-bond donors (Lipinski definition) is 2. The first kappa shape index (κ1) is 23.0. The van der Waals surface area contributed by atoms with Crippen molar-refractivity contribution in [3.05, 3.63) is 59.3 Å². The lowest BCUT2D eigenvalue weighted by Gasteiger charge is -2.16. The van der Waals surface area contributed by atoms with Gasteiger partial charge in [0.05, 0.1) is 30.0 Å². The molecule has 158 valence electrons. The summed E-state index contributed by atoms with van der Waals surface area (Å²) in [4.78, 5) is 28.3. The molecule has 0 amide bonds. The number of esters is 1. The highest BCUT2D eigenvalue weighted by Crippen LogP contribution is 2.33. The molecule has 3 rings (SSSR count). The summed E-state index contributed by atoms with van der Waals surface area (Å²) in [5.74, 6) is -0.906. The number of benzene rings is 2. The van der Waals surface area contributed by atoms with Crippen molar-refractivity contribution in [3.63, 3.8) is 0 Å². The first-order valence-electron chi connectivity index (χ1n) is 9.28. The average molecular weight is 431 g/mol. The number of carboxylic acid groups (broad SMARTS) is 1. The molecule has 0 atom stereocenters. The number of aryl methyl sites for hydroxylation is 1. The number of hydrogen-bond acceptors (Lipinski definition) is 6. The predicted octanol–water partition coefficient (Wildman–Crippen LogP) is 4.98. The SMILES string of the molecule is CCOC(=O)c1cnc2ccc(OCC)cc2c1Nc1cc(C(=O)O)ccc1C.Cl. The highest BCUT2D eigenvalue weighted by molar-refractivity contribution is 6.06. The van der Waals surface area contributed by atoms with E-state index in [9.17, 15) is 14.7 Å². The Morgan fingerprint density at radius 1 is 1.10 bits per heavy atom. The minimum atomic E-state index is -1.03. The first-order valence-corrected chi connectivity index (χ1v) is 9.28. The van der Waals surface area contributed by atoms with Crippen molar-refractivity contribution in [1.29, 1.82) is 0 Å². The van der Waals surface area contributed by atoms with E-state index >= 15 is 0 Å². The van der Waals surface area contributed by atoms with Crippen molar-refractivity contribution in [1.82, 2.24) is 4.98 Å². The van der Waals surface area contributed by atoms with Crippen LogP contribution in [0.4, 0.5) is 11.4 Å². The smallest absolute Gasteiger partial charge is 0.341 e. The van der Waals surface area contributed by atoms with Gasteiger partial charge in [-0.2, -0.15) is 0 Å². The number of nitrogens with zero attached hydrogens (tertiary/aromatic N) is 1. The molecule has 0 bridgehead atoms. The van der Waals surface area contributed by atoms with Gasteiger partial charge in [0.2, 0.25) is 0 Å². The number of ether oxygens (including phenoxy) is 2. The fourth-order valence-corrected chi connectivity index (χ4v) is 2.95. The third-order valence-electron chi connectivity index (χ3n) is 4.39. The summed E-state index contributed by atoms with van der Waals surface area (Å²) in [7, 11) is 0. The van der Waals surface area contributed by atoms with E-state index < -0.39 is 11.9 Å². The molecule has 0 spiro atoms. The summed E-state index contributed by atoms with van der Waals surface area (Å²) < 4.78 is 10.8. The molecule has 0 aliphatic rings. The number of halogens is 1. The Morgan fingerprint density at radius 2 is 1.87 bits per heavy atom. The number of carboxylic acids is 1. The molecule has 3 aromatic rings. The van der Waals surface area contributed by atoms with E-state index in [0.717, 1.165) is 5.56 Å². The van der Waals surface area contributed by atoms with Crippen LogP contribution >= 0.6 is 12.4 Å². The van der Waals surface area contributed by atoms with Gasteiger partial charge in [0, 0.05) is 17.3 Å². The highest BCUT2D eigenvalue weighted by Gasteiger charge is 2.18. The number of aromatic nitrogens is 1. The maximum absolute atomic E-state index is 12.5. The number of pyridine rings is 1. The number of rotatable bonds is 7. The van der Waals surface area contributed by atoms with Crippen LogP contribution in [-0.2, 0) is 4.74 Å². The molecular formula is C22H23ClN2O5. The van der Waals surface area contributed by atoms with Gasteiger partial charge in [-0.05, 0) is 56.7 Å². The predicted molar refractivity (Wildman–Crippen MR) is 118 cm³/mol. The summed E-state index contributed by atoms with van der Waals surface area (Å²) in [6.07, 6.45) is 1.46. The molecule has 7 nitrogen and oxygen atoms in total. The number of nitrogens with one attached hydrogen (secondary N) is 1. The fourth-order valence-electron chi connectivity index (χ4n) is 2.95. The summed E-state index contributed by atoms with van der Waals surface area (Å²) in [6.45, 7) is 6.19. The molecule has 0 fully saturated rings. The zero-order valence-electron chi connectivity index (χ0n) is 16.9. The van der Waals surface area contributed by atoms with Crippen LogP contribution in [0.25, 0.3) is 10.9 Å². The minimum absolute atomic E-state index is 0. The molecule has 0 saturated carbocycles. The van der Waals surface area contributed by atoms with Crippen molar-refractivity contribution in [2.24, 2.45) is 0 Å².